The van der Waals surface area contributed by atoms with Crippen LogP contribution in [0.15, 0.2) is 18.2 Å². The van der Waals surface area contributed by atoms with Crippen molar-refractivity contribution >= 4 is 26.7 Å². The molecular weight excluding hydrogens is 204 g/mol. The molecule has 0 aliphatic rings. The van der Waals surface area contributed by atoms with Crippen LogP contribution in [0.2, 0.25) is 0 Å². The quantitative estimate of drug-likeness (QED) is 0.787. The van der Waals surface area contributed by atoms with Gasteiger partial charge in [-0.1, -0.05) is 23.5 Å². The number of benzene rings is 1. The Morgan fingerprint density at radius 3 is 2.60 bits per heavy atom. The maximum atomic E-state index is 4.70. The van der Waals surface area contributed by atoms with Crippen molar-refractivity contribution < 1.29 is 0 Å². The standard InChI is InChI=1S/C12H16N2S/c1-4-14(5-2)12-13-11-9(3)7-6-8-10(11)15-12/h6-8H,4-5H2,1-3H3. The minimum Gasteiger partial charge on any atom is -0.349 e. The normalized spacial score (nSPS) is 10.9. The van der Waals surface area contributed by atoms with Crippen LogP contribution < -0.4 is 4.90 Å². The average Bonchev–Trinajstić information content (AvgIpc) is 2.65. The monoisotopic (exact) mass is 220 g/mol. The number of para-hydroxylation sites is 1. The third kappa shape index (κ3) is 1.84. The molecule has 0 radical (unpaired) electrons. The van der Waals surface area contributed by atoms with Crippen molar-refractivity contribution in [3.8, 4) is 0 Å². The fourth-order valence-corrected chi connectivity index (χ4v) is 2.87. The van der Waals surface area contributed by atoms with Crippen LogP contribution in [0.25, 0.3) is 10.2 Å². The predicted octanol–water partition coefficient (Wildman–Crippen LogP) is 3.45. The SMILES string of the molecule is CCN(CC)c1nc2c(C)cccc2s1. The first-order valence-electron chi connectivity index (χ1n) is 5.37. The lowest BCUT2D eigenvalue weighted by Crippen LogP contribution is -2.21. The molecule has 0 atom stereocenters. The van der Waals surface area contributed by atoms with Crippen LogP contribution in [0.4, 0.5) is 5.13 Å². The second-order valence-electron chi connectivity index (χ2n) is 3.59. The van der Waals surface area contributed by atoms with Gasteiger partial charge in [0, 0.05) is 13.1 Å². The van der Waals surface area contributed by atoms with E-state index < -0.39 is 0 Å². The summed E-state index contributed by atoms with van der Waals surface area (Å²) in [4.78, 5) is 6.99. The molecule has 0 unspecified atom stereocenters. The minimum atomic E-state index is 1.02. The van der Waals surface area contributed by atoms with Crippen LogP contribution in [0.5, 0.6) is 0 Å². The summed E-state index contributed by atoms with van der Waals surface area (Å²) in [5, 5.41) is 1.14. The molecule has 0 fully saturated rings. The number of rotatable bonds is 3. The third-order valence-electron chi connectivity index (χ3n) is 2.64. The summed E-state index contributed by atoms with van der Waals surface area (Å²) in [6, 6.07) is 6.36. The molecule has 0 saturated carbocycles. The molecule has 1 aromatic carbocycles. The van der Waals surface area contributed by atoms with E-state index in [1.54, 1.807) is 11.3 Å². The van der Waals surface area contributed by atoms with Crippen molar-refractivity contribution in [1.82, 2.24) is 4.98 Å². The largest absolute Gasteiger partial charge is 0.349 e. The van der Waals surface area contributed by atoms with Crippen LogP contribution in [0.3, 0.4) is 0 Å². The Balaban J connectivity index is 2.51. The highest BCUT2D eigenvalue weighted by molar-refractivity contribution is 7.22. The van der Waals surface area contributed by atoms with E-state index in [1.165, 1.54) is 10.3 Å². The number of aromatic nitrogens is 1. The number of fused-ring (bicyclic) bond motifs is 1. The lowest BCUT2D eigenvalue weighted by atomic mass is 10.2. The molecular formula is C12H16N2S. The topological polar surface area (TPSA) is 16.1 Å². The molecule has 2 rings (SSSR count). The molecule has 0 amide bonds. The van der Waals surface area contributed by atoms with E-state index in [-0.39, 0.29) is 0 Å². The summed E-state index contributed by atoms with van der Waals surface area (Å²) in [5.74, 6) is 0. The van der Waals surface area contributed by atoms with Crippen LogP contribution in [0, 0.1) is 6.92 Å². The van der Waals surface area contributed by atoms with Gasteiger partial charge in [0.2, 0.25) is 0 Å². The van der Waals surface area contributed by atoms with Gasteiger partial charge < -0.3 is 4.90 Å². The highest BCUT2D eigenvalue weighted by Crippen LogP contribution is 2.30. The van der Waals surface area contributed by atoms with E-state index in [1.807, 2.05) is 0 Å². The fraction of sp³-hybridized carbons (Fsp3) is 0.417. The Bertz CT molecular complexity index is 458. The summed E-state index contributed by atoms with van der Waals surface area (Å²) in [7, 11) is 0. The average molecular weight is 220 g/mol. The van der Waals surface area contributed by atoms with Gasteiger partial charge in [-0.15, -0.1) is 0 Å². The van der Waals surface area contributed by atoms with Crippen molar-refractivity contribution in [3.05, 3.63) is 23.8 Å². The van der Waals surface area contributed by atoms with E-state index in [4.69, 9.17) is 4.98 Å². The summed E-state index contributed by atoms with van der Waals surface area (Å²) in [6.07, 6.45) is 0. The molecule has 0 saturated heterocycles. The zero-order valence-electron chi connectivity index (χ0n) is 9.45. The molecule has 0 bridgehead atoms. The third-order valence-corrected chi connectivity index (χ3v) is 3.72. The number of thiazole rings is 1. The van der Waals surface area contributed by atoms with Gasteiger partial charge in [-0.05, 0) is 32.4 Å². The van der Waals surface area contributed by atoms with Gasteiger partial charge in [-0.3, -0.25) is 0 Å². The number of nitrogens with zero attached hydrogens (tertiary/aromatic N) is 2. The summed E-state index contributed by atoms with van der Waals surface area (Å²) >= 11 is 1.78. The molecule has 2 aromatic rings. The Hall–Kier alpha value is -1.09. The Kier molecular flexibility index (Phi) is 2.91. The highest BCUT2D eigenvalue weighted by atomic mass is 32.1. The minimum absolute atomic E-state index is 1.02. The molecule has 2 nitrogen and oxygen atoms in total. The lowest BCUT2D eigenvalue weighted by molar-refractivity contribution is 0.862. The van der Waals surface area contributed by atoms with Crippen molar-refractivity contribution in [2.75, 3.05) is 18.0 Å². The predicted molar refractivity (Wildman–Crippen MR) is 67.9 cm³/mol. The molecule has 80 valence electrons. The molecule has 1 aromatic heterocycles. The Morgan fingerprint density at radius 1 is 1.27 bits per heavy atom. The first-order chi connectivity index (χ1) is 7.26. The zero-order chi connectivity index (χ0) is 10.8. The van der Waals surface area contributed by atoms with E-state index in [0.717, 1.165) is 23.7 Å². The molecule has 15 heavy (non-hydrogen) atoms. The van der Waals surface area contributed by atoms with E-state index >= 15 is 0 Å². The second kappa shape index (κ2) is 4.19. The van der Waals surface area contributed by atoms with Gasteiger partial charge in [-0.2, -0.15) is 0 Å². The first-order valence-corrected chi connectivity index (χ1v) is 6.19. The molecule has 0 aliphatic carbocycles. The van der Waals surface area contributed by atoms with E-state index in [9.17, 15) is 0 Å². The smallest absolute Gasteiger partial charge is 0.186 e. The maximum Gasteiger partial charge on any atom is 0.186 e. The summed E-state index contributed by atoms with van der Waals surface area (Å²) in [5.41, 5.74) is 2.42. The van der Waals surface area contributed by atoms with E-state index in [2.05, 4.69) is 43.9 Å². The Morgan fingerprint density at radius 2 is 2.00 bits per heavy atom. The number of hydrogen-bond donors (Lipinski definition) is 0. The second-order valence-corrected chi connectivity index (χ2v) is 4.60. The highest BCUT2D eigenvalue weighted by Gasteiger charge is 2.09. The van der Waals surface area contributed by atoms with Crippen molar-refractivity contribution in [3.63, 3.8) is 0 Å². The lowest BCUT2D eigenvalue weighted by Gasteiger charge is -2.16. The number of anilines is 1. The van der Waals surface area contributed by atoms with Crippen LogP contribution in [-0.4, -0.2) is 18.1 Å². The van der Waals surface area contributed by atoms with Gasteiger partial charge in [0.05, 0.1) is 10.2 Å². The van der Waals surface area contributed by atoms with Crippen molar-refractivity contribution in [2.24, 2.45) is 0 Å². The van der Waals surface area contributed by atoms with E-state index in [0.29, 0.717) is 0 Å². The molecule has 1 heterocycles. The van der Waals surface area contributed by atoms with Gasteiger partial charge in [0.15, 0.2) is 5.13 Å². The van der Waals surface area contributed by atoms with Gasteiger partial charge in [0.1, 0.15) is 0 Å². The molecule has 0 N–H and O–H groups in total. The van der Waals surface area contributed by atoms with Crippen LogP contribution in [0.1, 0.15) is 19.4 Å². The fourth-order valence-electron chi connectivity index (χ4n) is 1.70. The van der Waals surface area contributed by atoms with Gasteiger partial charge in [0.25, 0.3) is 0 Å². The molecule has 0 spiro atoms. The molecule has 0 aliphatic heterocycles. The number of hydrogen-bond acceptors (Lipinski definition) is 3. The van der Waals surface area contributed by atoms with Gasteiger partial charge in [-0.25, -0.2) is 4.98 Å². The maximum absolute atomic E-state index is 4.70. The first kappa shape index (κ1) is 10.4. The Labute approximate surface area is 94.6 Å². The summed E-state index contributed by atoms with van der Waals surface area (Å²) < 4.78 is 1.29. The molecule has 3 heteroatoms. The van der Waals surface area contributed by atoms with Crippen LogP contribution >= 0.6 is 11.3 Å². The zero-order valence-corrected chi connectivity index (χ0v) is 10.3. The summed E-state index contributed by atoms with van der Waals surface area (Å²) in [6.45, 7) is 8.50. The van der Waals surface area contributed by atoms with Crippen LogP contribution in [-0.2, 0) is 0 Å². The van der Waals surface area contributed by atoms with Crippen molar-refractivity contribution in [1.29, 1.82) is 0 Å². The van der Waals surface area contributed by atoms with Crippen molar-refractivity contribution in [2.45, 2.75) is 20.8 Å². The van der Waals surface area contributed by atoms with Gasteiger partial charge >= 0.3 is 0 Å². The number of aryl methyl sites for hydroxylation is 1.